The minimum Gasteiger partial charge on any atom is -0.396 e. The highest BCUT2D eigenvalue weighted by molar-refractivity contribution is 5.86. The summed E-state index contributed by atoms with van der Waals surface area (Å²) in [7, 11) is 0. The Bertz CT molecular complexity index is 949. The zero-order chi connectivity index (χ0) is 35.2. The molecule has 11 unspecified atom stereocenters. The van der Waals surface area contributed by atoms with E-state index in [-0.39, 0.29) is 96.8 Å². The summed E-state index contributed by atoms with van der Waals surface area (Å²) in [5.41, 5.74) is 17.2. The van der Waals surface area contributed by atoms with Crippen LogP contribution in [0.1, 0.15) is 79.1 Å². The summed E-state index contributed by atoms with van der Waals surface area (Å²) >= 11 is 0. The Balaban J connectivity index is 1.72. The summed E-state index contributed by atoms with van der Waals surface area (Å²) in [6.07, 6.45) is 6.52. The van der Waals surface area contributed by atoms with Gasteiger partial charge in [-0.25, -0.2) is 0 Å². The molecule has 0 radical (unpaired) electrons. The fraction of sp³-hybridized carbons (Fsp3) is 0.946. The molecule has 11 atom stereocenters. The number of ether oxygens (including phenoxy) is 3. The van der Waals surface area contributed by atoms with Crippen molar-refractivity contribution in [1.29, 1.82) is 0 Å². The molecule has 0 aromatic carbocycles. The molecular formula is C37H70N4O7. The average molecular weight is 683 g/mol. The highest BCUT2D eigenvalue weighted by atomic mass is 16.5. The van der Waals surface area contributed by atoms with Gasteiger partial charge in [0, 0.05) is 64.1 Å². The van der Waals surface area contributed by atoms with E-state index in [9.17, 15) is 20.1 Å². The molecule has 0 saturated heterocycles. The molecule has 48 heavy (non-hydrogen) atoms. The molecule has 3 saturated carbocycles. The van der Waals surface area contributed by atoms with Crippen molar-refractivity contribution in [3.05, 3.63) is 0 Å². The molecule has 0 amide bonds. The number of Topliss-reactive ketones (excluding diaryl/α,β-unsaturated/α-hetero) is 1. The molecule has 3 rings (SSSR count). The fourth-order valence-electron chi connectivity index (χ4n) is 9.09. The Kier molecular flexibility index (Phi) is 18.1. The monoisotopic (exact) mass is 683 g/mol. The van der Waals surface area contributed by atoms with Crippen LogP contribution in [-0.4, -0.2) is 99.1 Å². The third-order valence-electron chi connectivity index (χ3n) is 11.6. The highest BCUT2D eigenvalue weighted by Crippen LogP contribution is 2.55. The number of rotatable bonds is 23. The third kappa shape index (κ3) is 11.9. The number of nitrogens with zero attached hydrogens (tertiary/aromatic N) is 1. The van der Waals surface area contributed by atoms with Crippen molar-refractivity contribution in [3.8, 4) is 0 Å². The van der Waals surface area contributed by atoms with Gasteiger partial charge in [0.15, 0.2) is 5.96 Å². The molecule has 0 aliphatic heterocycles. The van der Waals surface area contributed by atoms with Crippen LogP contribution in [0.4, 0.5) is 0 Å². The van der Waals surface area contributed by atoms with E-state index in [1.54, 1.807) is 0 Å². The summed E-state index contributed by atoms with van der Waals surface area (Å²) in [5, 5.41) is 31.4. The SMILES string of the molecule is CC(C)CCOCC1C(CO)CC(CO)C1C1CCC(C2C(CO)CC(COCC(N)CCCN=C(N)N)C2COCCC(C)C)C1=O. The summed E-state index contributed by atoms with van der Waals surface area (Å²) < 4.78 is 18.6. The second-order valence-corrected chi connectivity index (χ2v) is 16.0. The van der Waals surface area contributed by atoms with E-state index in [1.807, 2.05) is 0 Å². The van der Waals surface area contributed by atoms with Crippen LogP contribution in [0, 0.1) is 71.0 Å². The Morgan fingerprint density at radius 3 is 1.73 bits per heavy atom. The lowest BCUT2D eigenvalue weighted by atomic mass is 9.73. The van der Waals surface area contributed by atoms with E-state index in [0.29, 0.717) is 58.0 Å². The van der Waals surface area contributed by atoms with Crippen LogP contribution < -0.4 is 17.2 Å². The Labute approximate surface area is 290 Å². The molecule has 3 aliphatic rings. The number of hydrogen-bond acceptors (Lipinski definition) is 9. The predicted octanol–water partition coefficient (Wildman–Crippen LogP) is 2.82. The number of aliphatic imine (C=N–C) groups is 1. The van der Waals surface area contributed by atoms with Crippen molar-refractivity contribution in [2.75, 3.05) is 66.0 Å². The number of aliphatic hydroxyl groups excluding tert-OH is 3. The first-order valence-corrected chi connectivity index (χ1v) is 18.9. The van der Waals surface area contributed by atoms with Crippen molar-refractivity contribution >= 4 is 11.7 Å². The molecule has 3 aliphatic carbocycles. The van der Waals surface area contributed by atoms with Gasteiger partial charge in [-0.2, -0.15) is 0 Å². The zero-order valence-electron chi connectivity index (χ0n) is 30.4. The van der Waals surface area contributed by atoms with Crippen molar-refractivity contribution in [2.24, 2.45) is 93.2 Å². The Hall–Kier alpha value is -1.34. The first kappa shape index (κ1) is 41.1. The average Bonchev–Trinajstić information content (AvgIpc) is 3.70. The maximum Gasteiger partial charge on any atom is 0.185 e. The molecule has 9 N–H and O–H groups in total. The molecule has 3 fully saturated rings. The zero-order valence-corrected chi connectivity index (χ0v) is 30.4. The third-order valence-corrected chi connectivity index (χ3v) is 11.6. The van der Waals surface area contributed by atoms with E-state index < -0.39 is 0 Å². The van der Waals surface area contributed by atoms with Gasteiger partial charge in [-0.05, 0) is 111 Å². The van der Waals surface area contributed by atoms with Gasteiger partial charge in [0.1, 0.15) is 5.78 Å². The van der Waals surface area contributed by atoms with Gasteiger partial charge in [0.05, 0.1) is 19.8 Å². The molecule has 0 heterocycles. The Morgan fingerprint density at radius 1 is 0.750 bits per heavy atom. The molecule has 0 spiro atoms. The number of nitrogens with two attached hydrogens (primary N) is 3. The second kappa shape index (κ2) is 21.1. The smallest absolute Gasteiger partial charge is 0.185 e. The highest BCUT2D eigenvalue weighted by Gasteiger charge is 2.55. The van der Waals surface area contributed by atoms with E-state index in [2.05, 4.69) is 32.7 Å². The summed E-state index contributed by atoms with van der Waals surface area (Å²) in [6.45, 7) is 12.7. The molecule has 11 nitrogen and oxygen atoms in total. The molecule has 280 valence electrons. The molecule has 11 heteroatoms. The standard InChI is InChI=1S/C37H70N4O7/c1-23(2)9-12-46-21-32-25(16-42)14-26(17-43)34(32)30-7-8-31(36(30)45)35-27(18-44)15-28(33(35)22-47-13-10-24(3)4)19-48-20-29(38)6-5-11-41-37(39)40/h23-35,42-44H,5-22,38H2,1-4H3,(H4,39,40,41). The number of guanidine groups is 1. The molecule has 0 aromatic heterocycles. The number of ketones is 1. The quantitative estimate of drug-likeness (QED) is 0.0530. The van der Waals surface area contributed by atoms with Crippen molar-refractivity contribution in [3.63, 3.8) is 0 Å². The van der Waals surface area contributed by atoms with Gasteiger partial charge >= 0.3 is 0 Å². The second-order valence-electron chi connectivity index (χ2n) is 16.0. The van der Waals surface area contributed by atoms with Crippen LogP contribution in [-0.2, 0) is 19.0 Å². The van der Waals surface area contributed by atoms with Crippen LogP contribution in [0.3, 0.4) is 0 Å². The lowest BCUT2D eigenvalue weighted by molar-refractivity contribution is -0.130. The lowest BCUT2D eigenvalue weighted by Crippen LogP contribution is -2.38. The number of carbonyl (C=O) groups excluding carboxylic acids is 1. The van der Waals surface area contributed by atoms with Crippen molar-refractivity contribution in [1.82, 2.24) is 0 Å². The van der Waals surface area contributed by atoms with Crippen LogP contribution in [0.5, 0.6) is 0 Å². The van der Waals surface area contributed by atoms with E-state index in [0.717, 1.165) is 51.4 Å². The van der Waals surface area contributed by atoms with Gasteiger partial charge in [0.2, 0.25) is 0 Å². The lowest BCUT2D eigenvalue weighted by Gasteiger charge is -2.33. The van der Waals surface area contributed by atoms with E-state index in [4.69, 9.17) is 31.4 Å². The summed E-state index contributed by atoms with van der Waals surface area (Å²) in [4.78, 5) is 18.5. The minimum atomic E-state index is -0.170. The maximum atomic E-state index is 14.5. The van der Waals surface area contributed by atoms with Crippen molar-refractivity contribution < 1.29 is 34.3 Å². The van der Waals surface area contributed by atoms with Crippen LogP contribution >= 0.6 is 0 Å². The normalized spacial score (nSPS) is 32.9. The maximum absolute atomic E-state index is 14.5. The molecular weight excluding hydrogens is 612 g/mol. The summed E-state index contributed by atoms with van der Waals surface area (Å²) in [6, 6.07) is -0.126. The summed E-state index contributed by atoms with van der Waals surface area (Å²) in [5.74, 6) is 1.40. The fourth-order valence-corrected chi connectivity index (χ4v) is 9.09. The molecule has 0 bridgehead atoms. The number of carbonyl (C=O) groups is 1. The first-order valence-electron chi connectivity index (χ1n) is 18.9. The van der Waals surface area contributed by atoms with Gasteiger partial charge in [-0.1, -0.05) is 27.7 Å². The predicted molar refractivity (Wildman–Crippen MR) is 189 cm³/mol. The van der Waals surface area contributed by atoms with Gasteiger partial charge in [0.25, 0.3) is 0 Å². The minimum absolute atomic E-state index is 0.00386. The van der Waals surface area contributed by atoms with Gasteiger partial charge in [-0.3, -0.25) is 9.79 Å². The number of hydrogen-bond donors (Lipinski definition) is 6. The van der Waals surface area contributed by atoms with Gasteiger partial charge < -0.3 is 46.7 Å². The Morgan fingerprint density at radius 2 is 1.25 bits per heavy atom. The largest absolute Gasteiger partial charge is 0.396 e. The van der Waals surface area contributed by atoms with E-state index >= 15 is 0 Å². The first-order chi connectivity index (χ1) is 23.0. The van der Waals surface area contributed by atoms with Gasteiger partial charge in [-0.15, -0.1) is 0 Å². The number of aliphatic hydroxyl groups is 3. The van der Waals surface area contributed by atoms with E-state index in [1.165, 1.54) is 0 Å². The molecule has 0 aromatic rings. The van der Waals surface area contributed by atoms with Crippen LogP contribution in [0.25, 0.3) is 0 Å². The topological polar surface area (TPSA) is 196 Å². The van der Waals surface area contributed by atoms with Crippen LogP contribution in [0.2, 0.25) is 0 Å². The van der Waals surface area contributed by atoms with Crippen molar-refractivity contribution in [2.45, 2.75) is 85.1 Å². The van der Waals surface area contributed by atoms with Crippen LogP contribution in [0.15, 0.2) is 4.99 Å².